The van der Waals surface area contributed by atoms with Gasteiger partial charge in [0.05, 0.1) is 19.3 Å². The zero-order chi connectivity index (χ0) is 22.6. The second-order valence-corrected chi connectivity index (χ2v) is 9.58. The van der Waals surface area contributed by atoms with Crippen LogP contribution in [0.5, 0.6) is 0 Å². The van der Waals surface area contributed by atoms with Crippen LogP contribution in [0.15, 0.2) is 53.1 Å². The van der Waals surface area contributed by atoms with Crippen molar-refractivity contribution < 1.29 is 17.7 Å². The molecule has 0 saturated carbocycles. The van der Waals surface area contributed by atoms with Crippen molar-refractivity contribution in [2.75, 3.05) is 19.8 Å². The van der Waals surface area contributed by atoms with E-state index >= 15 is 0 Å². The van der Waals surface area contributed by atoms with E-state index < -0.39 is 10.0 Å². The summed E-state index contributed by atoms with van der Waals surface area (Å²) in [6, 6.07) is 15.2. The average molecular weight is 443 g/mol. The van der Waals surface area contributed by atoms with Gasteiger partial charge in [0.1, 0.15) is 0 Å². The lowest BCUT2D eigenvalue weighted by Gasteiger charge is -2.23. The highest BCUT2D eigenvalue weighted by Crippen LogP contribution is 2.20. The molecule has 164 valence electrons. The maximum atomic E-state index is 12.7. The van der Waals surface area contributed by atoms with Crippen LogP contribution in [0.4, 0.5) is 0 Å². The topological polar surface area (TPSA) is 96.6 Å². The van der Waals surface area contributed by atoms with Crippen LogP contribution in [-0.4, -0.2) is 53.5 Å². The summed E-state index contributed by atoms with van der Waals surface area (Å²) in [7, 11) is -2.00. The smallest absolute Gasteiger partial charge is 0.246 e. The van der Waals surface area contributed by atoms with Gasteiger partial charge in [0.25, 0.3) is 0 Å². The van der Waals surface area contributed by atoms with E-state index in [-0.39, 0.29) is 31.4 Å². The second kappa shape index (κ2) is 9.40. The van der Waals surface area contributed by atoms with E-state index in [1.165, 1.54) is 4.90 Å². The average Bonchev–Trinajstić information content (AvgIpc) is 3.16. The van der Waals surface area contributed by atoms with Crippen LogP contribution >= 0.6 is 0 Å². The van der Waals surface area contributed by atoms with Crippen LogP contribution in [0.2, 0.25) is 0 Å². The van der Waals surface area contributed by atoms with Crippen molar-refractivity contribution in [3.63, 3.8) is 0 Å². The fraction of sp³-hybridized carbons (Fsp3) is 0.318. The Balaban J connectivity index is 1.67. The minimum absolute atomic E-state index is 0.0832. The Hall–Kier alpha value is -3.04. The number of carbonyl (C=O) groups is 1. The number of rotatable bonds is 8. The number of amides is 1. The van der Waals surface area contributed by atoms with Gasteiger partial charge >= 0.3 is 0 Å². The number of benzene rings is 2. The van der Waals surface area contributed by atoms with Gasteiger partial charge < -0.3 is 9.42 Å². The first-order valence-corrected chi connectivity index (χ1v) is 11.6. The molecule has 8 nitrogen and oxygen atoms in total. The highest BCUT2D eigenvalue weighted by Gasteiger charge is 2.23. The van der Waals surface area contributed by atoms with Crippen LogP contribution in [0, 0.1) is 13.8 Å². The largest absolute Gasteiger partial charge is 0.337 e. The van der Waals surface area contributed by atoms with Gasteiger partial charge in [0.2, 0.25) is 27.6 Å². The normalized spacial score (nSPS) is 11.6. The summed E-state index contributed by atoms with van der Waals surface area (Å²) in [5, 5.41) is 3.99. The van der Waals surface area contributed by atoms with Crippen LogP contribution in [-0.2, 0) is 27.9 Å². The van der Waals surface area contributed by atoms with Crippen LogP contribution in [0.25, 0.3) is 11.4 Å². The fourth-order valence-corrected chi connectivity index (χ4v) is 3.73. The van der Waals surface area contributed by atoms with E-state index in [1.54, 1.807) is 7.05 Å². The quantitative estimate of drug-likeness (QED) is 0.532. The first kappa shape index (κ1) is 22.6. The Bertz CT molecular complexity index is 1160. The number of sulfonamides is 1. The molecule has 1 heterocycles. The van der Waals surface area contributed by atoms with Crippen molar-refractivity contribution >= 4 is 15.9 Å². The van der Waals surface area contributed by atoms with E-state index in [0.29, 0.717) is 5.82 Å². The van der Waals surface area contributed by atoms with Gasteiger partial charge in [-0.05, 0) is 25.0 Å². The first-order valence-electron chi connectivity index (χ1n) is 9.76. The Morgan fingerprint density at radius 3 is 2.35 bits per heavy atom. The molecule has 0 atom stereocenters. The molecule has 31 heavy (non-hydrogen) atoms. The minimum Gasteiger partial charge on any atom is -0.337 e. The molecule has 0 spiro atoms. The molecule has 3 rings (SSSR count). The third-order valence-corrected chi connectivity index (χ3v) is 6.11. The number of carbonyl (C=O) groups excluding carboxylic acids is 1. The molecule has 1 amide bonds. The third kappa shape index (κ3) is 5.99. The molecule has 3 aromatic rings. The highest BCUT2D eigenvalue weighted by molar-refractivity contribution is 7.88. The van der Waals surface area contributed by atoms with Gasteiger partial charge in [-0.25, -0.2) is 8.42 Å². The molecule has 0 aliphatic heterocycles. The molecule has 0 aliphatic carbocycles. The van der Waals surface area contributed by atoms with E-state index in [0.717, 1.165) is 32.8 Å². The SMILES string of the molecule is Cc1ccc(CN(CC(=O)N(C)Cc2nc(-c3ccccc3C)no2)S(C)(=O)=O)cc1. The van der Waals surface area contributed by atoms with Crippen LogP contribution in [0.1, 0.15) is 22.6 Å². The molecular formula is C22H26N4O4S. The summed E-state index contributed by atoms with van der Waals surface area (Å²) in [5.41, 5.74) is 3.76. The van der Waals surface area contributed by atoms with Gasteiger partial charge in [0.15, 0.2) is 0 Å². The molecule has 0 aliphatic rings. The summed E-state index contributed by atoms with van der Waals surface area (Å²) >= 11 is 0. The molecule has 0 N–H and O–H groups in total. The molecule has 0 unspecified atom stereocenters. The van der Waals surface area contributed by atoms with Crippen LogP contribution in [0.3, 0.4) is 0 Å². The molecular weight excluding hydrogens is 416 g/mol. The van der Waals surface area contributed by atoms with Crippen molar-refractivity contribution in [3.05, 3.63) is 71.1 Å². The van der Waals surface area contributed by atoms with Crippen LogP contribution < -0.4 is 0 Å². The summed E-state index contributed by atoms with van der Waals surface area (Å²) in [6.07, 6.45) is 1.10. The lowest BCUT2D eigenvalue weighted by molar-refractivity contribution is -0.131. The summed E-state index contributed by atoms with van der Waals surface area (Å²) < 4.78 is 30.9. The zero-order valence-corrected chi connectivity index (χ0v) is 18.9. The number of aromatic nitrogens is 2. The monoisotopic (exact) mass is 442 g/mol. The lowest BCUT2D eigenvalue weighted by atomic mass is 10.1. The predicted molar refractivity (Wildman–Crippen MR) is 117 cm³/mol. The van der Waals surface area contributed by atoms with Crippen molar-refractivity contribution in [2.45, 2.75) is 26.9 Å². The molecule has 0 saturated heterocycles. The fourth-order valence-electron chi connectivity index (χ4n) is 3.00. The summed E-state index contributed by atoms with van der Waals surface area (Å²) in [4.78, 5) is 18.5. The lowest BCUT2D eigenvalue weighted by Crippen LogP contribution is -2.40. The minimum atomic E-state index is -3.58. The van der Waals surface area contributed by atoms with Gasteiger partial charge in [-0.15, -0.1) is 0 Å². The van der Waals surface area contributed by atoms with Gasteiger partial charge in [-0.1, -0.05) is 59.3 Å². The summed E-state index contributed by atoms with van der Waals surface area (Å²) in [5.74, 6) is 0.359. The Morgan fingerprint density at radius 2 is 1.71 bits per heavy atom. The Morgan fingerprint density at radius 1 is 1.03 bits per heavy atom. The molecule has 0 fully saturated rings. The number of aryl methyl sites for hydroxylation is 2. The molecule has 0 radical (unpaired) electrons. The molecule has 1 aromatic heterocycles. The van der Waals surface area contributed by atoms with E-state index in [1.807, 2.05) is 62.4 Å². The highest BCUT2D eigenvalue weighted by atomic mass is 32.2. The maximum Gasteiger partial charge on any atom is 0.246 e. The van der Waals surface area contributed by atoms with Crippen molar-refractivity contribution in [1.82, 2.24) is 19.3 Å². The Kier molecular flexibility index (Phi) is 6.87. The third-order valence-electron chi connectivity index (χ3n) is 4.91. The number of likely N-dealkylation sites (N-methyl/N-ethyl adjacent to an activating group) is 1. The standard InChI is InChI=1S/C22H26N4O4S/c1-16-9-11-18(12-10-16)13-26(31(4,28)29)15-21(27)25(3)14-20-23-22(24-30-20)19-8-6-5-7-17(19)2/h5-12H,13-15H2,1-4H3. The van der Waals surface area contributed by atoms with E-state index in [2.05, 4.69) is 10.1 Å². The predicted octanol–water partition coefficient (Wildman–Crippen LogP) is 2.77. The molecule has 2 aromatic carbocycles. The van der Waals surface area contributed by atoms with Gasteiger partial charge in [-0.2, -0.15) is 9.29 Å². The van der Waals surface area contributed by atoms with Crippen molar-refractivity contribution in [1.29, 1.82) is 0 Å². The Labute approximate surface area is 182 Å². The first-order chi connectivity index (χ1) is 14.6. The van der Waals surface area contributed by atoms with Gasteiger partial charge in [-0.3, -0.25) is 4.79 Å². The van der Waals surface area contributed by atoms with Gasteiger partial charge in [0, 0.05) is 19.2 Å². The number of hydrogen-bond acceptors (Lipinski definition) is 6. The van der Waals surface area contributed by atoms with E-state index in [9.17, 15) is 13.2 Å². The summed E-state index contributed by atoms with van der Waals surface area (Å²) in [6.45, 7) is 3.84. The number of nitrogens with zero attached hydrogens (tertiary/aromatic N) is 4. The number of hydrogen-bond donors (Lipinski definition) is 0. The maximum absolute atomic E-state index is 12.7. The second-order valence-electron chi connectivity index (χ2n) is 7.59. The van der Waals surface area contributed by atoms with E-state index in [4.69, 9.17) is 4.52 Å². The molecule has 9 heteroatoms. The zero-order valence-electron chi connectivity index (χ0n) is 18.1. The van der Waals surface area contributed by atoms with Crippen molar-refractivity contribution in [2.24, 2.45) is 0 Å². The molecule has 0 bridgehead atoms. The van der Waals surface area contributed by atoms with Crippen molar-refractivity contribution in [3.8, 4) is 11.4 Å².